The van der Waals surface area contributed by atoms with Gasteiger partial charge in [-0.1, -0.05) is 25.1 Å². The Bertz CT molecular complexity index is 375. The van der Waals surface area contributed by atoms with Crippen molar-refractivity contribution in [1.82, 2.24) is 5.32 Å². The molecule has 0 amide bonds. The number of para-hydroxylation sites is 1. The summed E-state index contributed by atoms with van der Waals surface area (Å²) in [7, 11) is 0. The van der Waals surface area contributed by atoms with Gasteiger partial charge in [0.25, 0.3) is 0 Å². The molecular weight excluding hydrogens is 238 g/mol. The molecule has 0 unspecified atom stereocenters. The van der Waals surface area contributed by atoms with Gasteiger partial charge in [0.05, 0.1) is 12.7 Å². The topological polar surface area (TPSA) is 30.5 Å². The molecule has 1 N–H and O–H groups in total. The molecule has 1 saturated heterocycles. The van der Waals surface area contributed by atoms with Crippen LogP contribution in [0.5, 0.6) is 5.75 Å². The third-order valence-corrected chi connectivity index (χ3v) is 3.52. The smallest absolute Gasteiger partial charge is 0.124 e. The van der Waals surface area contributed by atoms with Crippen molar-refractivity contribution in [2.24, 2.45) is 0 Å². The van der Waals surface area contributed by atoms with E-state index in [4.69, 9.17) is 9.47 Å². The lowest BCUT2D eigenvalue weighted by Gasteiger charge is -2.20. The van der Waals surface area contributed by atoms with E-state index in [1.165, 1.54) is 18.4 Å². The van der Waals surface area contributed by atoms with Gasteiger partial charge >= 0.3 is 0 Å². The SMILES string of the molecule is CCCOc1ccccc1[C@H](C)NC[C@@H]1CCCO1. The average molecular weight is 263 g/mol. The van der Waals surface area contributed by atoms with Gasteiger partial charge in [-0.3, -0.25) is 0 Å². The molecule has 0 spiro atoms. The number of ether oxygens (including phenoxy) is 2. The maximum Gasteiger partial charge on any atom is 0.124 e. The van der Waals surface area contributed by atoms with E-state index >= 15 is 0 Å². The van der Waals surface area contributed by atoms with Crippen LogP contribution in [0.4, 0.5) is 0 Å². The largest absolute Gasteiger partial charge is 0.493 e. The molecule has 1 aromatic rings. The minimum atomic E-state index is 0.289. The van der Waals surface area contributed by atoms with Crippen LogP contribution in [-0.4, -0.2) is 25.9 Å². The first-order chi connectivity index (χ1) is 9.31. The highest BCUT2D eigenvalue weighted by Crippen LogP contribution is 2.25. The summed E-state index contributed by atoms with van der Waals surface area (Å²) in [6.45, 7) is 6.92. The minimum Gasteiger partial charge on any atom is -0.493 e. The van der Waals surface area contributed by atoms with Crippen LogP contribution in [0.25, 0.3) is 0 Å². The summed E-state index contributed by atoms with van der Waals surface area (Å²) in [5, 5.41) is 3.55. The first kappa shape index (κ1) is 14.4. The Kier molecular flexibility index (Phi) is 5.67. The summed E-state index contributed by atoms with van der Waals surface area (Å²) < 4.78 is 11.4. The number of hydrogen-bond acceptors (Lipinski definition) is 3. The van der Waals surface area contributed by atoms with E-state index in [0.29, 0.717) is 6.10 Å². The van der Waals surface area contributed by atoms with E-state index in [9.17, 15) is 0 Å². The van der Waals surface area contributed by atoms with Crippen molar-refractivity contribution in [2.45, 2.75) is 45.3 Å². The van der Waals surface area contributed by atoms with Gasteiger partial charge in [-0.15, -0.1) is 0 Å². The molecule has 1 heterocycles. The number of rotatable bonds is 7. The summed E-state index contributed by atoms with van der Waals surface area (Å²) in [6.07, 6.45) is 3.78. The molecule has 0 aromatic heterocycles. The Morgan fingerprint density at radius 2 is 2.26 bits per heavy atom. The number of benzene rings is 1. The van der Waals surface area contributed by atoms with Gasteiger partial charge in [0, 0.05) is 24.8 Å². The molecular formula is C16H25NO2. The van der Waals surface area contributed by atoms with E-state index in [0.717, 1.165) is 31.9 Å². The predicted octanol–water partition coefficient (Wildman–Crippen LogP) is 3.31. The first-order valence-corrected chi connectivity index (χ1v) is 7.38. The standard InChI is InChI=1S/C16H25NO2/c1-3-10-19-16-9-5-4-8-15(16)13(2)17-12-14-7-6-11-18-14/h4-5,8-9,13-14,17H,3,6-7,10-12H2,1-2H3/t13-,14-/m0/s1. The Hall–Kier alpha value is -1.06. The Morgan fingerprint density at radius 1 is 1.42 bits per heavy atom. The Morgan fingerprint density at radius 3 is 3.00 bits per heavy atom. The minimum absolute atomic E-state index is 0.289. The van der Waals surface area contributed by atoms with Crippen LogP contribution in [0, 0.1) is 0 Å². The van der Waals surface area contributed by atoms with Crippen LogP contribution in [0.2, 0.25) is 0 Å². The molecule has 0 radical (unpaired) electrons. The highest BCUT2D eigenvalue weighted by Gasteiger charge is 2.17. The molecule has 0 saturated carbocycles. The maximum atomic E-state index is 5.81. The highest BCUT2D eigenvalue weighted by molar-refractivity contribution is 5.35. The quantitative estimate of drug-likeness (QED) is 0.818. The summed E-state index contributed by atoms with van der Waals surface area (Å²) in [4.78, 5) is 0. The third-order valence-electron chi connectivity index (χ3n) is 3.52. The van der Waals surface area contributed by atoms with Gasteiger partial charge in [-0.2, -0.15) is 0 Å². The van der Waals surface area contributed by atoms with E-state index < -0.39 is 0 Å². The van der Waals surface area contributed by atoms with Gasteiger partial charge in [0.15, 0.2) is 0 Å². The van der Waals surface area contributed by atoms with Crippen molar-refractivity contribution >= 4 is 0 Å². The summed E-state index contributed by atoms with van der Waals surface area (Å²) in [5.41, 5.74) is 1.23. The molecule has 2 rings (SSSR count). The zero-order valence-electron chi connectivity index (χ0n) is 12.0. The lowest BCUT2D eigenvalue weighted by molar-refractivity contribution is 0.108. The second-order valence-corrected chi connectivity index (χ2v) is 5.15. The monoisotopic (exact) mass is 263 g/mol. The van der Waals surface area contributed by atoms with E-state index in [-0.39, 0.29) is 6.04 Å². The summed E-state index contributed by atoms with van der Waals surface area (Å²) in [5.74, 6) is 0.997. The van der Waals surface area contributed by atoms with Gasteiger partial charge < -0.3 is 14.8 Å². The molecule has 3 heteroatoms. The Labute approximate surface area is 116 Å². The van der Waals surface area contributed by atoms with Crippen molar-refractivity contribution in [3.8, 4) is 5.75 Å². The van der Waals surface area contributed by atoms with Gasteiger partial charge in [-0.05, 0) is 32.3 Å². The first-order valence-electron chi connectivity index (χ1n) is 7.38. The molecule has 0 aliphatic carbocycles. The fourth-order valence-electron chi connectivity index (χ4n) is 2.41. The van der Waals surface area contributed by atoms with Gasteiger partial charge in [0.2, 0.25) is 0 Å². The zero-order valence-corrected chi connectivity index (χ0v) is 12.0. The number of hydrogen-bond donors (Lipinski definition) is 1. The van der Waals surface area contributed by atoms with Crippen molar-refractivity contribution in [3.63, 3.8) is 0 Å². The molecule has 1 aliphatic heterocycles. The average Bonchev–Trinajstić information content (AvgIpc) is 2.96. The van der Waals surface area contributed by atoms with Gasteiger partial charge in [-0.25, -0.2) is 0 Å². The second kappa shape index (κ2) is 7.51. The summed E-state index contributed by atoms with van der Waals surface area (Å²) >= 11 is 0. The highest BCUT2D eigenvalue weighted by atomic mass is 16.5. The summed E-state index contributed by atoms with van der Waals surface area (Å²) in [6, 6.07) is 8.57. The normalized spacial score (nSPS) is 20.4. The molecule has 19 heavy (non-hydrogen) atoms. The van der Waals surface area contributed by atoms with Crippen LogP contribution in [0.15, 0.2) is 24.3 Å². The van der Waals surface area contributed by atoms with Crippen molar-refractivity contribution < 1.29 is 9.47 Å². The fraction of sp³-hybridized carbons (Fsp3) is 0.625. The molecule has 106 valence electrons. The van der Waals surface area contributed by atoms with Crippen LogP contribution >= 0.6 is 0 Å². The molecule has 0 bridgehead atoms. The molecule has 3 nitrogen and oxygen atoms in total. The van der Waals surface area contributed by atoms with Crippen LogP contribution in [0.3, 0.4) is 0 Å². The third kappa shape index (κ3) is 4.22. The van der Waals surface area contributed by atoms with Crippen LogP contribution in [-0.2, 0) is 4.74 Å². The van der Waals surface area contributed by atoms with E-state index in [2.05, 4.69) is 37.4 Å². The van der Waals surface area contributed by atoms with E-state index in [1.807, 2.05) is 6.07 Å². The fourth-order valence-corrected chi connectivity index (χ4v) is 2.41. The lowest BCUT2D eigenvalue weighted by Crippen LogP contribution is -2.28. The van der Waals surface area contributed by atoms with Gasteiger partial charge in [0.1, 0.15) is 5.75 Å². The maximum absolute atomic E-state index is 5.81. The van der Waals surface area contributed by atoms with Crippen LogP contribution in [0.1, 0.15) is 44.7 Å². The second-order valence-electron chi connectivity index (χ2n) is 5.15. The molecule has 1 fully saturated rings. The van der Waals surface area contributed by atoms with E-state index in [1.54, 1.807) is 0 Å². The molecule has 1 aliphatic rings. The van der Waals surface area contributed by atoms with Crippen molar-refractivity contribution in [3.05, 3.63) is 29.8 Å². The Balaban J connectivity index is 1.91. The molecule has 2 atom stereocenters. The number of nitrogens with one attached hydrogen (secondary N) is 1. The van der Waals surface area contributed by atoms with Crippen molar-refractivity contribution in [1.29, 1.82) is 0 Å². The predicted molar refractivity (Wildman–Crippen MR) is 77.6 cm³/mol. The zero-order chi connectivity index (χ0) is 13.5. The lowest BCUT2D eigenvalue weighted by atomic mass is 10.1. The van der Waals surface area contributed by atoms with Crippen molar-refractivity contribution in [2.75, 3.05) is 19.8 Å². The van der Waals surface area contributed by atoms with Crippen LogP contribution < -0.4 is 10.1 Å². The molecule has 1 aromatic carbocycles.